The van der Waals surface area contributed by atoms with Gasteiger partial charge in [-0.3, -0.25) is 15.0 Å². The number of hydrogen-bond donors (Lipinski definition) is 0. The number of rotatable bonds is 6. The quantitative estimate of drug-likeness (QED) is 0.174. The summed E-state index contributed by atoms with van der Waals surface area (Å²) in [7, 11) is -0.779. The molecular formula is C30H24Br2N6P2Pd2. The SMILES string of the molecule is BrP(Br)(c1ccccn1)(c1ccccn1)c1ccccn1.[Pd].[Pd].c1ccc(P(c2ccccn2)c2ccccn2)nc1. The summed E-state index contributed by atoms with van der Waals surface area (Å²) in [5, 5.41) is 0. The third kappa shape index (κ3) is 7.76. The van der Waals surface area contributed by atoms with Gasteiger partial charge < -0.3 is 0 Å². The van der Waals surface area contributed by atoms with Crippen molar-refractivity contribution in [1.82, 2.24) is 29.9 Å². The first-order valence-corrected chi connectivity index (χ1v) is 19.9. The molecule has 0 saturated carbocycles. The summed E-state index contributed by atoms with van der Waals surface area (Å²) in [6.07, 6.45) is 10.8. The van der Waals surface area contributed by atoms with Gasteiger partial charge in [0.1, 0.15) is 0 Å². The van der Waals surface area contributed by atoms with Gasteiger partial charge in [0, 0.05) is 67.4 Å². The summed E-state index contributed by atoms with van der Waals surface area (Å²) in [4.78, 5) is 27.1. The van der Waals surface area contributed by atoms with Crippen molar-refractivity contribution >= 4 is 75.5 Å². The maximum absolute atomic E-state index is 4.56. The molecule has 0 bridgehead atoms. The van der Waals surface area contributed by atoms with Gasteiger partial charge in [0.05, 0.1) is 16.3 Å². The first-order chi connectivity index (χ1) is 19.6. The molecule has 42 heavy (non-hydrogen) atoms. The predicted molar refractivity (Wildman–Crippen MR) is 175 cm³/mol. The fourth-order valence-electron chi connectivity index (χ4n) is 3.92. The van der Waals surface area contributed by atoms with Crippen LogP contribution in [0.1, 0.15) is 0 Å². The average Bonchev–Trinajstić information content (AvgIpc) is 3.04. The molecule has 0 aliphatic rings. The molecule has 6 aromatic heterocycles. The average molecular weight is 903 g/mol. The summed E-state index contributed by atoms with van der Waals surface area (Å²) >= 11 is 7.95. The van der Waals surface area contributed by atoms with Crippen LogP contribution in [0.4, 0.5) is 0 Å². The van der Waals surface area contributed by atoms with E-state index in [2.05, 4.69) is 60.9 Å². The zero-order chi connectivity index (χ0) is 27.7. The van der Waals surface area contributed by atoms with Crippen LogP contribution in [0.25, 0.3) is 0 Å². The smallest absolute Gasteiger partial charge is 0.0753 e. The van der Waals surface area contributed by atoms with Crippen molar-refractivity contribution < 1.29 is 40.8 Å². The summed E-state index contributed by atoms with van der Waals surface area (Å²) in [5.74, 6) is 0. The topological polar surface area (TPSA) is 77.3 Å². The van der Waals surface area contributed by atoms with Crippen LogP contribution in [0.3, 0.4) is 0 Å². The van der Waals surface area contributed by atoms with Crippen LogP contribution in [0.15, 0.2) is 146 Å². The Balaban J connectivity index is 0.000000221. The second kappa shape index (κ2) is 16.2. The van der Waals surface area contributed by atoms with Gasteiger partial charge in [-0.05, 0) is 36.4 Å². The van der Waals surface area contributed by atoms with Crippen LogP contribution in [-0.4, -0.2) is 29.9 Å². The number of hydrogen-bond acceptors (Lipinski definition) is 6. The largest absolute Gasteiger partial charge is 0.256 e. The van der Waals surface area contributed by atoms with E-state index in [1.165, 1.54) is 0 Å². The van der Waals surface area contributed by atoms with Crippen LogP contribution in [0, 0.1) is 0 Å². The molecule has 0 radical (unpaired) electrons. The number of aromatic nitrogens is 6. The van der Waals surface area contributed by atoms with Gasteiger partial charge >= 0.3 is 139 Å². The van der Waals surface area contributed by atoms with E-state index in [9.17, 15) is 0 Å². The minimum atomic E-state index is -3.08. The van der Waals surface area contributed by atoms with E-state index >= 15 is 0 Å². The molecule has 0 amide bonds. The summed E-state index contributed by atoms with van der Waals surface area (Å²) in [6, 6.07) is 35.5. The molecule has 0 fully saturated rings. The van der Waals surface area contributed by atoms with Gasteiger partial charge in [-0.25, -0.2) is 0 Å². The Morgan fingerprint density at radius 2 is 0.643 bits per heavy atom. The second-order valence-electron chi connectivity index (χ2n) is 8.37. The molecule has 0 aromatic carbocycles. The fraction of sp³-hybridized carbons (Fsp3) is 0. The van der Waals surface area contributed by atoms with Crippen LogP contribution >= 0.6 is 42.9 Å². The van der Waals surface area contributed by atoms with E-state index in [4.69, 9.17) is 0 Å². The molecule has 6 rings (SSSR count). The Bertz CT molecular complexity index is 1430. The third-order valence-corrected chi connectivity index (χ3v) is 17.7. The Labute approximate surface area is 290 Å². The standard InChI is InChI=1S/C15H12Br2N3P.C15H12N3P.2Pd/c16-21(17,13-7-1-4-10-18-13,14-8-2-5-11-19-14)15-9-3-6-12-20-15;1-4-10-16-13(7-1)19(14-8-2-5-11-17-14)15-9-3-6-12-18-15;;/h1-12H;1-12H;;. The molecular weight excluding hydrogens is 879 g/mol. The monoisotopic (exact) mass is 900 g/mol. The fourth-order valence-corrected chi connectivity index (χ4v) is 12.2. The Morgan fingerprint density at radius 1 is 0.381 bits per heavy atom. The maximum atomic E-state index is 4.56. The van der Waals surface area contributed by atoms with Crippen molar-refractivity contribution in [2.75, 3.05) is 0 Å². The first kappa shape index (κ1) is 34.5. The number of nitrogens with zero attached hydrogens (tertiary/aromatic N) is 6. The number of halogens is 2. The molecule has 218 valence electrons. The molecule has 0 N–H and O–H groups in total. The van der Waals surface area contributed by atoms with Crippen molar-refractivity contribution in [3.05, 3.63) is 146 Å². The van der Waals surface area contributed by atoms with Crippen LogP contribution in [-0.2, 0) is 40.8 Å². The van der Waals surface area contributed by atoms with Crippen molar-refractivity contribution in [3.63, 3.8) is 0 Å². The van der Waals surface area contributed by atoms with E-state index in [-0.39, 0.29) is 40.8 Å². The molecule has 6 aromatic rings. The van der Waals surface area contributed by atoms with E-state index in [1.807, 2.05) is 128 Å². The van der Waals surface area contributed by atoms with E-state index in [0.717, 1.165) is 32.6 Å². The van der Waals surface area contributed by atoms with E-state index in [0.29, 0.717) is 0 Å². The minimum Gasteiger partial charge on any atom is -0.256 e. The summed E-state index contributed by atoms with van der Waals surface area (Å²) in [6.45, 7) is 0. The van der Waals surface area contributed by atoms with E-state index in [1.54, 1.807) is 18.6 Å². The van der Waals surface area contributed by atoms with Gasteiger partial charge in [-0.2, -0.15) is 0 Å². The normalized spacial score (nSPS) is 11.5. The third-order valence-electron chi connectivity index (χ3n) is 5.79. The van der Waals surface area contributed by atoms with Gasteiger partial charge in [-0.15, -0.1) is 0 Å². The summed E-state index contributed by atoms with van der Waals surface area (Å²) in [5.41, 5.74) is 5.74. The molecule has 6 nitrogen and oxygen atoms in total. The molecule has 6 heterocycles. The molecule has 0 atom stereocenters. The summed E-state index contributed by atoms with van der Waals surface area (Å²) < 4.78 is -3.08. The Hall–Kier alpha value is -1.96. The zero-order valence-corrected chi connectivity index (χ0v) is 29.9. The van der Waals surface area contributed by atoms with Gasteiger partial charge in [0.15, 0.2) is 0 Å². The van der Waals surface area contributed by atoms with Crippen molar-refractivity contribution in [2.24, 2.45) is 0 Å². The molecule has 0 saturated heterocycles. The predicted octanol–water partition coefficient (Wildman–Crippen LogP) is 4.95. The molecule has 0 aliphatic carbocycles. The number of pyridine rings is 6. The molecule has 12 heteroatoms. The first-order valence-electron chi connectivity index (χ1n) is 12.3. The van der Waals surface area contributed by atoms with Crippen molar-refractivity contribution in [3.8, 4) is 0 Å². The van der Waals surface area contributed by atoms with Crippen LogP contribution < -0.4 is 32.6 Å². The Kier molecular flexibility index (Phi) is 13.3. The van der Waals surface area contributed by atoms with Crippen molar-refractivity contribution in [2.45, 2.75) is 0 Å². The van der Waals surface area contributed by atoms with Crippen LogP contribution in [0.5, 0.6) is 0 Å². The molecule has 0 aliphatic heterocycles. The minimum absolute atomic E-state index is 0. The van der Waals surface area contributed by atoms with Gasteiger partial charge in [0.25, 0.3) is 0 Å². The zero-order valence-electron chi connectivity index (χ0n) is 21.8. The maximum Gasteiger partial charge on any atom is 0.0753 e. The van der Waals surface area contributed by atoms with Crippen molar-refractivity contribution in [1.29, 1.82) is 0 Å². The molecule has 0 spiro atoms. The van der Waals surface area contributed by atoms with E-state index < -0.39 is 11.9 Å². The molecule has 0 unspecified atom stereocenters. The van der Waals surface area contributed by atoms with Crippen LogP contribution in [0.2, 0.25) is 0 Å². The Morgan fingerprint density at radius 3 is 0.857 bits per heavy atom. The van der Waals surface area contributed by atoms with Gasteiger partial charge in [-0.1, -0.05) is 18.2 Å². The second-order valence-corrected chi connectivity index (χ2v) is 25.0. The van der Waals surface area contributed by atoms with Gasteiger partial charge in [0.2, 0.25) is 0 Å².